The van der Waals surface area contributed by atoms with Crippen LogP contribution in [0.1, 0.15) is 11.1 Å². The highest BCUT2D eigenvalue weighted by Crippen LogP contribution is 2.31. The molecule has 0 saturated carbocycles. The van der Waals surface area contributed by atoms with Crippen LogP contribution in [0.25, 0.3) is 0 Å². The summed E-state index contributed by atoms with van der Waals surface area (Å²) in [5.74, 6) is 1.20. The van der Waals surface area contributed by atoms with Gasteiger partial charge in [-0.25, -0.2) is 4.98 Å². The van der Waals surface area contributed by atoms with Crippen molar-refractivity contribution in [2.45, 2.75) is 13.8 Å². The quantitative estimate of drug-likeness (QED) is 0.786. The average molecular weight is 313 g/mol. The van der Waals surface area contributed by atoms with Crippen molar-refractivity contribution in [3.8, 4) is 11.6 Å². The first-order valence-corrected chi connectivity index (χ1v) is 6.30. The second-order valence-corrected chi connectivity index (χ2v) is 5.06. The molecule has 0 bridgehead atoms. The van der Waals surface area contributed by atoms with Gasteiger partial charge in [0.05, 0.1) is 0 Å². The van der Waals surface area contributed by atoms with Crippen LogP contribution in [0.15, 0.2) is 34.9 Å². The van der Waals surface area contributed by atoms with Gasteiger partial charge in [0, 0.05) is 10.7 Å². The SMILES string of the molecule is Cc1cccc(Oc2ncc(Br)cc2Cl)c1C. The zero-order valence-corrected chi connectivity index (χ0v) is 11.8. The Labute approximate surface area is 114 Å². The van der Waals surface area contributed by atoms with Crippen molar-refractivity contribution < 1.29 is 4.74 Å². The normalized spacial score (nSPS) is 10.4. The number of ether oxygens (including phenoxy) is 1. The molecule has 1 heterocycles. The molecule has 4 heteroatoms. The Morgan fingerprint density at radius 2 is 2.06 bits per heavy atom. The highest BCUT2D eigenvalue weighted by Gasteiger charge is 2.08. The number of hydrogen-bond donors (Lipinski definition) is 0. The molecular formula is C13H11BrClNO. The van der Waals surface area contributed by atoms with Gasteiger partial charge in [0.2, 0.25) is 5.88 Å². The van der Waals surface area contributed by atoms with Gasteiger partial charge in [0.1, 0.15) is 10.8 Å². The fourth-order valence-electron chi connectivity index (χ4n) is 1.42. The molecule has 17 heavy (non-hydrogen) atoms. The molecule has 0 aliphatic carbocycles. The number of benzene rings is 1. The average Bonchev–Trinajstić information content (AvgIpc) is 2.28. The van der Waals surface area contributed by atoms with Gasteiger partial charge in [-0.15, -0.1) is 0 Å². The fraction of sp³-hybridized carbons (Fsp3) is 0.154. The van der Waals surface area contributed by atoms with E-state index in [9.17, 15) is 0 Å². The van der Waals surface area contributed by atoms with E-state index in [1.807, 2.05) is 32.0 Å². The Morgan fingerprint density at radius 3 is 2.76 bits per heavy atom. The van der Waals surface area contributed by atoms with Gasteiger partial charge in [-0.1, -0.05) is 23.7 Å². The molecule has 0 unspecified atom stereocenters. The summed E-state index contributed by atoms with van der Waals surface area (Å²) < 4.78 is 6.54. The summed E-state index contributed by atoms with van der Waals surface area (Å²) in [6.07, 6.45) is 1.66. The largest absolute Gasteiger partial charge is 0.437 e. The van der Waals surface area contributed by atoms with E-state index in [-0.39, 0.29) is 0 Å². The smallest absolute Gasteiger partial charge is 0.238 e. The lowest BCUT2D eigenvalue weighted by atomic mass is 10.1. The van der Waals surface area contributed by atoms with Crippen molar-refractivity contribution >= 4 is 27.5 Å². The van der Waals surface area contributed by atoms with Crippen molar-refractivity contribution in [3.05, 3.63) is 51.1 Å². The Bertz CT molecular complexity index is 557. The first-order chi connectivity index (χ1) is 8.08. The molecule has 0 saturated heterocycles. The molecule has 0 spiro atoms. The minimum atomic E-state index is 0.420. The van der Waals surface area contributed by atoms with Crippen molar-refractivity contribution in [2.24, 2.45) is 0 Å². The molecule has 88 valence electrons. The summed E-state index contributed by atoms with van der Waals surface area (Å²) in [5, 5.41) is 0.486. The Morgan fingerprint density at radius 1 is 1.29 bits per heavy atom. The third-order valence-electron chi connectivity index (χ3n) is 2.54. The van der Waals surface area contributed by atoms with Gasteiger partial charge in [-0.3, -0.25) is 0 Å². The van der Waals surface area contributed by atoms with Crippen LogP contribution >= 0.6 is 27.5 Å². The predicted octanol–water partition coefficient (Wildman–Crippen LogP) is 4.91. The third-order valence-corrected chi connectivity index (χ3v) is 3.24. The summed E-state index contributed by atoms with van der Waals surface area (Å²) in [6, 6.07) is 7.65. The minimum Gasteiger partial charge on any atom is -0.437 e. The number of rotatable bonds is 2. The molecule has 2 aromatic rings. The number of nitrogens with zero attached hydrogens (tertiary/aromatic N) is 1. The van der Waals surface area contributed by atoms with Crippen LogP contribution in [-0.4, -0.2) is 4.98 Å². The molecule has 2 nitrogen and oxygen atoms in total. The fourth-order valence-corrected chi connectivity index (χ4v) is 2.08. The summed E-state index contributed by atoms with van der Waals surface area (Å²) in [7, 11) is 0. The van der Waals surface area contributed by atoms with Crippen molar-refractivity contribution in [1.29, 1.82) is 0 Å². The van der Waals surface area contributed by atoms with E-state index in [2.05, 4.69) is 20.9 Å². The monoisotopic (exact) mass is 311 g/mol. The van der Waals surface area contributed by atoms with E-state index in [0.717, 1.165) is 15.8 Å². The van der Waals surface area contributed by atoms with Crippen LogP contribution < -0.4 is 4.74 Å². The molecule has 0 amide bonds. The van der Waals surface area contributed by atoms with Crippen molar-refractivity contribution in [2.75, 3.05) is 0 Å². The zero-order valence-electron chi connectivity index (χ0n) is 9.50. The highest BCUT2D eigenvalue weighted by atomic mass is 79.9. The van der Waals surface area contributed by atoms with E-state index in [1.54, 1.807) is 12.3 Å². The second kappa shape index (κ2) is 5.07. The first-order valence-electron chi connectivity index (χ1n) is 5.13. The number of pyridine rings is 1. The molecule has 0 aliphatic heterocycles. The van der Waals surface area contributed by atoms with Crippen LogP contribution in [0.5, 0.6) is 11.6 Å². The van der Waals surface area contributed by atoms with E-state index in [0.29, 0.717) is 10.9 Å². The predicted molar refractivity (Wildman–Crippen MR) is 72.9 cm³/mol. The summed E-state index contributed by atoms with van der Waals surface area (Å²) in [6.45, 7) is 4.05. The molecule has 1 aromatic heterocycles. The summed E-state index contributed by atoms with van der Waals surface area (Å²) in [5.41, 5.74) is 2.27. The lowest BCUT2D eigenvalue weighted by Gasteiger charge is -2.10. The third kappa shape index (κ3) is 2.79. The van der Waals surface area contributed by atoms with Crippen LogP contribution in [0.3, 0.4) is 0 Å². The standard InChI is InChI=1S/C13H11BrClNO/c1-8-4-3-5-12(9(8)2)17-13-11(15)6-10(14)7-16-13/h3-7H,1-2H3. The number of aromatic nitrogens is 1. The maximum absolute atomic E-state index is 6.05. The van der Waals surface area contributed by atoms with Gasteiger partial charge >= 0.3 is 0 Å². The maximum Gasteiger partial charge on any atom is 0.238 e. The van der Waals surface area contributed by atoms with Crippen molar-refractivity contribution in [3.63, 3.8) is 0 Å². The van der Waals surface area contributed by atoms with Crippen LogP contribution in [-0.2, 0) is 0 Å². The number of aryl methyl sites for hydroxylation is 1. The zero-order chi connectivity index (χ0) is 12.4. The molecular weight excluding hydrogens is 302 g/mol. The Balaban J connectivity index is 2.35. The molecule has 0 atom stereocenters. The van der Waals surface area contributed by atoms with Crippen molar-refractivity contribution in [1.82, 2.24) is 4.98 Å². The van der Waals surface area contributed by atoms with Gasteiger partial charge in [0.15, 0.2) is 0 Å². The van der Waals surface area contributed by atoms with Crippen LogP contribution in [0, 0.1) is 13.8 Å². The summed E-state index contributed by atoms with van der Waals surface area (Å²) in [4.78, 5) is 4.14. The summed E-state index contributed by atoms with van der Waals surface area (Å²) >= 11 is 9.36. The lowest BCUT2D eigenvalue weighted by molar-refractivity contribution is 0.459. The van der Waals surface area contributed by atoms with Crippen LogP contribution in [0.2, 0.25) is 5.02 Å². The van der Waals surface area contributed by atoms with Gasteiger partial charge in [-0.05, 0) is 53.0 Å². The van der Waals surface area contributed by atoms with Crippen LogP contribution in [0.4, 0.5) is 0 Å². The van der Waals surface area contributed by atoms with Gasteiger partial charge in [0.25, 0.3) is 0 Å². The topological polar surface area (TPSA) is 22.1 Å². The molecule has 0 aliphatic rings. The Hall–Kier alpha value is -1.06. The van der Waals surface area contributed by atoms with E-state index < -0.39 is 0 Å². The molecule has 2 rings (SSSR count). The maximum atomic E-state index is 6.05. The molecule has 0 fully saturated rings. The first kappa shape index (κ1) is 12.4. The molecule has 0 N–H and O–H groups in total. The van der Waals surface area contributed by atoms with E-state index in [4.69, 9.17) is 16.3 Å². The number of halogens is 2. The molecule has 0 radical (unpaired) electrons. The highest BCUT2D eigenvalue weighted by molar-refractivity contribution is 9.10. The number of hydrogen-bond acceptors (Lipinski definition) is 2. The molecule has 1 aromatic carbocycles. The second-order valence-electron chi connectivity index (χ2n) is 3.74. The van der Waals surface area contributed by atoms with Gasteiger partial charge < -0.3 is 4.74 Å². The van der Waals surface area contributed by atoms with E-state index >= 15 is 0 Å². The van der Waals surface area contributed by atoms with Gasteiger partial charge in [-0.2, -0.15) is 0 Å². The van der Waals surface area contributed by atoms with E-state index in [1.165, 1.54) is 5.56 Å². The Kier molecular flexibility index (Phi) is 3.69. The lowest BCUT2D eigenvalue weighted by Crippen LogP contribution is -1.92. The minimum absolute atomic E-state index is 0.420.